The highest BCUT2D eigenvalue weighted by Gasteiger charge is 2.27. The molecule has 0 amide bonds. The molecule has 0 N–H and O–H groups in total. The normalized spacial score (nSPS) is 14.3. The van der Waals surface area contributed by atoms with Crippen molar-refractivity contribution in [3.63, 3.8) is 0 Å². The van der Waals surface area contributed by atoms with Crippen LogP contribution in [0.25, 0.3) is 5.69 Å². The number of aromatic nitrogens is 5. The zero-order valence-corrected chi connectivity index (χ0v) is 13.1. The maximum Gasteiger partial charge on any atom is 0.141 e. The number of nitrogens with zero attached hydrogens (tertiary/aromatic N) is 5. The molecular weight excluding hydrogens is 317 g/mol. The number of hydrogen-bond acceptors (Lipinski definition) is 3. The summed E-state index contributed by atoms with van der Waals surface area (Å²) in [5.41, 5.74) is 1.57. The van der Waals surface area contributed by atoms with Gasteiger partial charge in [-0.05, 0) is 31.0 Å². The molecule has 118 valence electrons. The molecule has 0 saturated heterocycles. The highest BCUT2D eigenvalue weighted by Crippen LogP contribution is 2.38. The fourth-order valence-corrected chi connectivity index (χ4v) is 2.79. The fraction of sp³-hybridized carbons (Fsp3) is 0.312. The molecule has 4 rings (SSSR count). The predicted octanol–water partition coefficient (Wildman–Crippen LogP) is 3.38. The quantitative estimate of drug-likeness (QED) is 0.720. The number of imidazole rings is 1. The van der Waals surface area contributed by atoms with Gasteiger partial charge in [-0.2, -0.15) is 0 Å². The molecule has 2 heterocycles. The second kappa shape index (κ2) is 5.77. The molecule has 0 bridgehead atoms. The Balaban J connectivity index is 1.47. The number of aryl methyl sites for hydroxylation is 2. The molecule has 1 fully saturated rings. The first-order valence-electron chi connectivity index (χ1n) is 7.58. The summed E-state index contributed by atoms with van der Waals surface area (Å²) in [5, 5.41) is 8.34. The van der Waals surface area contributed by atoms with Gasteiger partial charge in [0.1, 0.15) is 11.6 Å². The summed E-state index contributed by atoms with van der Waals surface area (Å²) in [4.78, 5) is 4.43. The zero-order chi connectivity index (χ0) is 15.8. The molecule has 1 saturated carbocycles. The summed E-state index contributed by atoms with van der Waals surface area (Å²) in [5.74, 6) is 1.35. The Morgan fingerprint density at radius 1 is 1.30 bits per heavy atom. The predicted molar refractivity (Wildman–Crippen MR) is 84.2 cm³/mol. The maximum absolute atomic E-state index is 13.2. The molecule has 2 aromatic heterocycles. The SMILES string of the molecule is Fc1ccc(-n2cc(CCn3ccnc3C3CC3)nn2)cc1Cl. The maximum atomic E-state index is 13.2. The summed E-state index contributed by atoms with van der Waals surface area (Å²) in [6.07, 6.45) is 8.95. The van der Waals surface area contributed by atoms with Crippen LogP contribution in [0, 0.1) is 5.82 Å². The molecule has 0 aliphatic heterocycles. The van der Waals surface area contributed by atoms with Crippen molar-refractivity contribution in [2.45, 2.75) is 31.7 Å². The largest absolute Gasteiger partial charge is 0.334 e. The summed E-state index contributed by atoms with van der Waals surface area (Å²) in [6.45, 7) is 0.828. The van der Waals surface area contributed by atoms with Gasteiger partial charge in [0.25, 0.3) is 0 Å². The Bertz CT molecular complexity index is 837. The minimum absolute atomic E-state index is 0.0760. The highest BCUT2D eigenvalue weighted by molar-refractivity contribution is 6.30. The molecule has 0 radical (unpaired) electrons. The van der Waals surface area contributed by atoms with Gasteiger partial charge in [0.15, 0.2) is 0 Å². The Hall–Kier alpha value is -2.21. The molecule has 0 unspecified atom stereocenters. The topological polar surface area (TPSA) is 48.5 Å². The lowest BCUT2D eigenvalue weighted by molar-refractivity contribution is 0.627. The van der Waals surface area contributed by atoms with Crippen LogP contribution in [0.15, 0.2) is 36.8 Å². The van der Waals surface area contributed by atoms with Crippen molar-refractivity contribution in [2.24, 2.45) is 0 Å². The number of benzene rings is 1. The molecular formula is C16H15ClFN5. The van der Waals surface area contributed by atoms with Gasteiger partial charge in [0, 0.05) is 31.3 Å². The van der Waals surface area contributed by atoms with Gasteiger partial charge in [-0.15, -0.1) is 5.10 Å². The second-order valence-corrected chi connectivity index (χ2v) is 6.16. The van der Waals surface area contributed by atoms with Crippen LogP contribution in [0.2, 0.25) is 5.02 Å². The summed E-state index contributed by atoms with van der Waals surface area (Å²) in [7, 11) is 0. The van der Waals surface area contributed by atoms with E-state index in [-0.39, 0.29) is 5.02 Å². The van der Waals surface area contributed by atoms with Crippen molar-refractivity contribution in [3.8, 4) is 5.69 Å². The van der Waals surface area contributed by atoms with E-state index in [0.717, 1.165) is 18.7 Å². The lowest BCUT2D eigenvalue weighted by atomic mass is 10.3. The monoisotopic (exact) mass is 331 g/mol. The third kappa shape index (κ3) is 2.99. The molecule has 1 aromatic carbocycles. The van der Waals surface area contributed by atoms with Crippen LogP contribution in [0.5, 0.6) is 0 Å². The van der Waals surface area contributed by atoms with Gasteiger partial charge in [-0.3, -0.25) is 0 Å². The Kier molecular flexibility index (Phi) is 3.61. The first-order chi connectivity index (χ1) is 11.2. The van der Waals surface area contributed by atoms with Crippen LogP contribution in [0.3, 0.4) is 0 Å². The average Bonchev–Trinajstić information content (AvgIpc) is 3.10. The highest BCUT2D eigenvalue weighted by atomic mass is 35.5. The Labute approximate surface area is 137 Å². The van der Waals surface area contributed by atoms with Crippen molar-refractivity contribution in [1.29, 1.82) is 0 Å². The van der Waals surface area contributed by atoms with Crippen LogP contribution < -0.4 is 0 Å². The first-order valence-corrected chi connectivity index (χ1v) is 7.96. The second-order valence-electron chi connectivity index (χ2n) is 5.76. The van der Waals surface area contributed by atoms with E-state index in [2.05, 4.69) is 19.9 Å². The van der Waals surface area contributed by atoms with Crippen LogP contribution in [0.4, 0.5) is 4.39 Å². The molecule has 0 spiro atoms. The van der Waals surface area contributed by atoms with E-state index in [1.54, 1.807) is 10.7 Å². The molecule has 1 aliphatic carbocycles. The summed E-state index contributed by atoms with van der Waals surface area (Å²) in [6, 6.07) is 4.49. The van der Waals surface area contributed by atoms with E-state index in [1.807, 2.05) is 18.6 Å². The van der Waals surface area contributed by atoms with Crippen LogP contribution in [-0.4, -0.2) is 24.5 Å². The minimum Gasteiger partial charge on any atom is -0.334 e. The standard InChI is InChI=1S/C16H15ClFN5/c17-14-9-13(3-4-15(14)18)23-10-12(20-21-23)5-7-22-8-6-19-16(22)11-1-2-11/h3-4,6,8-11H,1-2,5,7H2. The van der Waals surface area contributed by atoms with Crippen LogP contribution in [0.1, 0.15) is 30.3 Å². The average molecular weight is 332 g/mol. The number of rotatable bonds is 5. The van der Waals surface area contributed by atoms with Gasteiger partial charge in [-0.1, -0.05) is 16.8 Å². The smallest absolute Gasteiger partial charge is 0.141 e. The van der Waals surface area contributed by atoms with Crippen molar-refractivity contribution in [3.05, 3.63) is 59.1 Å². The van der Waals surface area contributed by atoms with Gasteiger partial charge in [-0.25, -0.2) is 14.1 Å². The molecule has 5 nitrogen and oxygen atoms in total. The van der Waals surface area contributed by atoms with Crippen molar-refractivity contribution in [1.82, 2.24) is 24.5 Å². The van der Waals surface area contributed by atoms with Gasteiger partial charge < -0.3 is 4.57 Å². The molecule has 7 heteroatoms. The molecule has 1 aliphatic rings. The van der Waals surface area contributed by atoms with E-state index < -0.39 is 5.82 Å². The van der Waals surface area contributed by atoms with Gasteiger partial charge >= 0.3 is 0 Å². The Morgan fingerprint density at radius 2 is 2.17 bits per heavy atom. The lowest BCUT2D eigenvalue weighted by Crippen LogP contribution is -2.04. The van der Waals surface area contributed by atoms with Gasteiger partial charge in [0.2, 0.25) is 0 Å². The first kappa shape index (κ1) is 14.4. The zero-order valence-electron chi connectivity index (χ0n) is 12.4. The van der Waals surface area contributed by atoms with E-state index in [0.29, 0.717) is 11.6 Å². The molecule has 23 heavy (non-hydrogen) atoms. The third-order valence-electron chi connectivity index (χ3n) is 4.01. The van der Waals surface area contributed by atoms with E-state index in [9.17, 15) is 4.39 Å². The van der Waals surface area contributed by atoms with Gasteiger partial charge in [0.05, 0.1) is 22.6 Å². The Morgan fingerprint density at radius 3 is 2.96 bits per heavy atom. The molecule has 3 aromatic rings. The van der Waals surface area contributed by atoms with E-state index in [4.69, 9.17) is 11.6 Å². The number of halogens is 2. The van der Waals surface area contributed by atoms with Crippen molar-refractivity contribution in [2.75, 3.05) is 0 Å². The lowest BCUT2D eigenvalue weighted by Gasteiger charge is -2.05. The fourth-order valence-electron chi connectivity index (χ4n) is 2.61. The van der Waals surface area contributed by atoms with E-state index in [1.165, 1.54) is 30.8 Å². The minimum atomic E-state index is -0.441. The van der Waals surface area contributed by atoms with E-state index >= 15 is 0 Å². The number of hydrogen-bond donors (Lipinski definition) is 0. The van der Waals surface area contributed by atoms with Crippen molar-refractivity contribution >= 4 is 11.6 Å². The van der Waals surface area contributed by atoms with Crippen LogP contribution in [-0.2, 0) is 13.0 Å². The summed E-state index contributed by atoms with van der Waals surface area (Å²) < 4.78 is 17.0. The molecule has 0 atom stereocenters. The van der Waals surface area contributed by atoms with Crippen LogP contribution >= 0.6 is 11.6 Å². The summed E-state index contributed by atoms with van der Waals surface area (Å²) >= 11 is 5.81. The van der Waals surface area contributed by atoms with Crippen molar-refractivity contribution < 1.29 is 4.39 Å². The third-order valence-corrected chi connectivity index (χ3v) is 4.30.